The van der Waals surface area contributed by atoms with Crippen molar-refractivity contribution in [3.05, 3.63) is 23.8 Å². The molecule has 1 aliphatic carbocycles. The summed E-state index contributed by atoms with van der Waals surface area (Å²) in [5.41, 5.74) is 5.18. The average molecular weight is 560 g/mol. The van der Waals surface area contributed by atoms with E-state index in [4.69, 9.17) is 4.74 Å². The summed E-state index contributed by atoms with van der Waals surface area (Å²) in [6, 6.07) is 2.12. The minimum atomic E-state index is -0.887. The van der Waals surface area contributed by atoms with Crippen molar-refractivity contribution in [2.24, 2.45) is 35.5 Å². The van der Waals surface area contributed by atoms with Crippen molar-refractivity contribution in [1.82, 2.24) is 10.9 Å². The summed E-state index contributed by atoms with van der Waals surface area (Å²) in [5, 5.41) is 31.3. The molecule has 40 heavy (non-hydrogen) atoms. The quantitative estimate of drug-likeness (QED) is 0.300. The standard InChI is InChI=1S/C31H49N3O6/c1-6-28(36)33-34-31(39)25-12-9-11-24(25)27-13-8-7-10-23(18-32)30(38)22(5)16-20(3)14-19(2)15-21(4)26(35)17-29(37)40-27/h7-8,10,19-22,24-27,30,35,38H,6,9,11-17H2,1-5H3,(H,33,36)(H,34,39)/b8-7+,23-10-/t19-,20+,21-,22-,24+,25+,26-,27-,30+/m0/s1. The van der Waals surface area contributed by atoms with Gasteiger partial charge >= 0.3 is 5.97 Å². The first kappa shape index (κ1) is 33.5. The Hall–Kier alpha value is -2.70. The normalized spacial score (nSPS) is 37.0. The van der Waals surface area contributed by atoms with Crippen molar-refractivity contribution < 1.29 is 29.3 Å². The lowest BCUT2D eigenvalue weighted by Crippen LogP contribution is -2.46. The number of allylic oxidation sites excluding steroid dienone is 2. The van der Waals surface area contributed by atoms with E-state index in [1.807, 2.05) is 13.8 Å². The molecule has 224 valence electrons. The number of nitrogens with one attached hydrogen (secondary N) is 2. The molecule has 1 fully saturated rings. The topological polar surface area (TPSA) is 149 Å². The van der Waals surface area contributed by atoms with Crippen LogP contribution in [0.5, 0.6) is 0 Å². The molecule has 0 aromatic rings. The number of carbonyl (C=O) groups excluding carboxylic acids is 3. The third kappa shape index (κ3) is 10.4. The highest BCUT2D eigenvalue weighted by atomic mass is 16.5. The van der Waals surface area contributed by atoms with Crippen molar-refractivity contribution >= 4 is 17.8 Å². The molecule has 0 radical (unpaired) electrons. The van der Waals surface area contributed by atoms with Crippen LogP contribution in [0, 0.1) is 46.8 Å². The number of nitrogens with zero attached hydrogens (tertiary/aromatic N) is 1. The van der Waals surface area contributed by atoms with Crippen LogP contribution in [0.15, 0.2) is 23.8 Å². The number of amides is 2. The molecule has 1 heterocycles. The molecule has 2 rings (SSSR count). The smallest absolute Gasteiger partial charge is 0.308 e. The molecule has 9 heteroatoms. The predicted octanol–water partition coefficient (Wildman–Crippen LogP) is 4.11. The van der Waals surface area contributed by atoms with Crippen molar-refractivity contribution in [2.45, 2.75) is 111 Å². The molecule has 0 saturated heterocycles. The minimum Gasteiger partial charge on any atom is -0.462 e. The highest BCUT2D eigenvalue weighted by molar-refractivity contribution is 5.83. The Morgan fingerprint density at radius 1 is 1.05 bits per heavy atom. The van der Waals surface area contributed by atoms with Gasteiger partial charge in [0, 0.05) is 24.7 Å². The first-order valence-electron chi connectivity index (χ1n) is 14.9. The fourth-order valence-electron chi connectivity index (χ4n) is 6.30. The molecule has 0 aromatic heterocycles. The Labute approximate surface area is 239 Å². The minimum absolute atomic E-state index is 0.0944. The Kier molecular flexibility index (Phi) is 13.9. The number of ether oxygens (including phenoxy) is 1. The highest BCUT2D eigenvalue weighted by Crippen LogP contribution is 2.37. The lowest BCUT2D eigenvalue weighted by molar-refractivity contribution is -0.156. The number of hydrazine groups is 1. The van der Waals surface area contributed by atoms with Crippen LogP contribution < -0.4 is 10.9 Å². The van der Waals surface area contributed by atoms with E-state index >= 15 is 0 Å². The van der Waals surface area contributed by atoms with E-state index < -0.39 is 30.2 Å². The van der Waals surface area contributed by atoms with Crippen LogP contribution >= 0.6 is 0 Å². The van der Waals surface area contributed by atoms with E-state index in [9.17, 15) is 29.9 Å². The number of rotatable bonds is 3. The van der Waals surface area contributed by atoms with Crippen molar-refractivity contribution in [2.75, 3.05) is 0 Å². The fraction of sp³-hybridized carbons (Fsp3) is 0.742. The predicted molar refractivity (Wildman–Crippen MR) is 152 cm³/mol. The van der Waals surface area contributed by atoms with Gasteiger partial charge in [0.2, 0.25) is 11.8 Å². The Morgan fingerprint density at radius 2 is 1.73 bits per heavy atom. The zero-order valence-corrected chi connectivity index (χ0v) is 24.8. The number of hydrogen-bond acceptors (Lipinski definition) is 7. The number of aliphatic hydroxyl groups excluding tert-OH is 2. The van der Waals surface area contributed by atoms with E-state index in [1.165, 1.54) is 0 Å². The van der Waals surface area contributed by atoms with Crippen molar-refractivity contribution in [3.8, 4) is 6.07 Å². The van der Waals surface area contributed by atoms with Gasteiger partial charge in [-0.3, -0.25) is 25.2 Å². The maximum atomic E-state index is 13.0. The SMILES string of the molecule is CCC(=O)NNC(=O)[C@@H]1CCC[C@H]1[C@@H]1C/C=C/C=C(/C#N)[C@H](O)[C@@H](C)C[C@H](C)C[C@H](C)C[C@H](C)[C@@H](O)CC(=O)O1. The van der Waals surface area contributed by atoms with E-state index in [0.717, 1.165) is 25.7 Å². The molecular weight excluding hydrogens is 510 g/mol. The Morgan fingerprint density at radius 3 is 2.38 bits per heavy atom. The molecule has 0 aromatic carbocycles. The summed E-state index contributed by atoms with van der Waals surface area (Å²) in [6.45, 7) is 9.86. The molecule has 9 nitrogen and oxygen atoms in total. The van der Waals surface area contributed by atoms with Crippen LogP contribution in [-0.2, 0) is 19.1 Å². The van der Waals surface area contributed by atoms with Crippen LogP contribution in [0.4, 0.5) is 0 Å². The first-order chi connectivity index (χ1) is 19.0. The first-order valence-corrected chi connectivity index (χ1v) is 14.9. The van der Waals surface area contributed by atoms with Crippen LogP contribution in [0.25, 0.3) is 0 Å². The zero-order valence-electron chi connectivity index (χ0n) is 24.8. The molecule has 2 aliphatic rings. The summed E-state index contributed by atoms with van der Waals surface area (Å²) in [7, 11) is 0. The fourth-order valence-corrected chi connectivity index (χ4v) is 6.30. The van der Waals surface area contributed by atoms with Gasteiger partial charge in [0.05, 0.1) is 30.3 Å². The molecule has 0 bridgehead atoms. The Balaban J connectivity index is 2.30. The van der Waals surface area contributed by atoms with Crippen LogP contribution in [0.3, 0.4) is 0 Å². The van der Waals surface area contributed by atoms with Gasteiger partial charge in [-0.05, 0) is 61.9 Å². The second kappa shape index (κ2) is 16.5. The van der Waals surface area contributed by atoms with Crippen molar-refractivity contribution in [1.29, 1.82) is 5.26 Å². The molecule has 1 aliphatic heterocycles. The third-order valence-corrected chi connectivity index (χ3v) is 8.47. The molecule has 1 saturated carbocycles. The summed E-state index contributed by atoms with van der Waals surface area (Å²) in [4.78, 5) is 37.5. The van der Waals surface area contributed by atoms with Gasteiger partial charge < -0.3 is 14.9 Å². The van der Waals surface area contributed by atoms with Crippen LogP contribution in [0.2, 0.25) is 0 Å². The number of hydrogen-bond donors (Lipinski definition) is 4. The van der Waals surface area contributed by atoms with Crippen LogP contribution in [0.1, 0.15) is 92.4 Å². The van der Waals surface area contributed by atoms with Gasteiger partial charge in [-0.25, -0.2) is 0 Å². The summed E-state index contributed by atoms with van der Waals surface area (Å²) < 4.78 is 5.91. The van der Waals surface area contributed by atoms with E-state index in [1.54, 1.807) is 25.2 Å². The van der Waals surface area contributed by atoms with E-state index in [-0.39, 0.29) is 48.0 Å². The van der Waals surface area contributed by atoms with Gasteiger partial charge in [0.1, 0.15) is 6.10 Å². The Bertz CT molecular complexity index is 957. The highest BCUT2D eigenvalue weighted by Gasteiger charge is 2.40. The molecule has 4 N–H and O–H groups in total. The summed E-state index contributed by atoms with van der Waals surface area (Å²) in [5.74, 6) is -1.38. The number of aliphatic hydroxyl groups is 2. The van der Waals surface area contributed by atoms with E-state index in [2.05, 4.69) is 30.8 Å². The second-order valence-electron chi connectivity index (χ2n) is 12.1. The number of esters is 1. The van der Waals surface area contributed by atoms with Gasteiger partial charge in [-0.2, -0.15) is 5.26 Å². The second-order valence-corrected chi connectivity index (χ2v) is 12.1. The van der Waals surface area contributed by atoms with Gasteiger partial charge in [-0.15, -0.1) is 0 Å². The lowest BCUT2D eigenvalue weighted by atomic mass is 9.82. The molecule has 0 unspecified atom stereocenters. The maximum absolute atomic E-state index is 13.0. The maximum Gasteiger partial charge on any atom is 0.308 e. The molecule has 0 spiro atoms. The number of nitriles is 1. The van der Waals surface area contributed by atoms with Crippen LogP contribution in [-0.4, -0.2) is 46.3 Å². The molecular formula is C31H49N3O6. The largest absolute Gasteiger partial charge is 0.462 e. The van der Waals surface area contributed by atoms with Gasteiger partial charge in [0.25, 0.3) is 0 Å². The lowest BCUT2D eigenvalue weighted by Gasteiger charge is -2.29. The average Bonchev–Trinajstić information content (AvgIpc) is 3.39. The summed E-state index contributed by atoms with van der Waals surface area (Å²) >= 11 is 0. The third-order valence-electron chi connectivity index (χ3n) is 8.47. The monoisotopic (exact) mass is 559 g/mol. The van der Waals surface area contributed by atoms with Gasteiger partial charge in [0.15, 0.2) is 0 Å². The number of cyclic esters (lactones) is 1. The van der Waals surface area contributed by atoms with Gasteiger partial charge in [-0.1, -0.05) is 53.2 Å². The van der Waals surface area contributed by atoms with Crippen molar-refractivity contribution in [3.63, 3.8) is 0 Å². The number of carbonyl (C=O) groups is 3. The summed E-state index contributed by atoms with van der Waals surface area (Å²) in [6.07, 6.45) is 7.64. The molecule has 9 atom stereocenters. The molecule has 2 amide bonds. The zero-order chi connectivity index (χ0) is 29.8. The van der Waals surface area contributed by atoms with E-state index in [0.29, 0.717) is 31.1 Å².